The van der Waals surface area contributed by atoms with Crippen molar-refractivity contribution in [3.05, 3.63) is 46.2 Å². The van der Waals surface area contributed by atoms with Crippen LogP contribution in [0, 0.1) is 20.8 Å². The molecule has 2 aromatic heterocycles. The van der Waals surface area contributed by atoms with E-state index in [9.17, 15) is 14.4 Å². The van der Waals surface area contributed by atoms with Crippen LogP contribution in [-0.4, -0.2) is 40.3 Å². The summed E-state index contributed by atoms with van der Waals surface area (Å²) in [5.74, 6) is -2.22. The number of esters is 1. The summed E-state index contributed by atoms with van der Waals surface area (Å²) in [7, 11) is 0. The van der Waals surface area contributed by atoms with Crippen molar-refractivity contribution in [3.8, 4) is 0 Å². The van der Waals surface area contributed by atoms with Gasteiger partial charge in [0, 0.05) is 5.69 Å². The first-order valence-corrected chi connectivity index (χ1v) is 11.7. The second kappa shape index (κ2) is 10.5. The van der Waals surface area contributed by atoms with E-state index in [1.807, 2.05) is 32.0 Å². The average Bonchev–Trinajstić information content (AvgIpc) is 3.33. The van der Waals surface area contributed by atoms with E-state index in [-0.39, 0.29) is 35.1 Å². The molecule has 2 heterocycles. The molecular formula is C21H23N5O5S2. The summed E-state index contributed by atoms with van der Waals surface area (Å²) in [6.07, 6.45) is 0. The maximum absolute atomic E-state index is 12.4. The number of nitrogens with one attached hydrogen (secondary N) is 2. The molecule has 0 atom stereocenters. The predicted octanol–water partition coefficient (Wildman–Crippen LogP) is 3.81. The minimum atomic E-state index is -0.913. The van der Waals surface area contributed by atoms with Crippen LogP contribution < -0.4 is 16.4 Å². The number of nitrogens with zero attached hydrogens (tertiary/aromatic N) is 2. The number of benzene rings is 1. The third kappa shape index (κ3) is 5.71. The lowest BCUT2D eigenvalue weighted by atomic mass is 10.1. The lowest BCUT2D eigenvalue weighted by molar-refractivity contribution is -0.113. The zero-order valence-electron chi connectivity index (χ0n) is 18.5. The third-order valence-corrected chi connectivity index (χ3v) is 6.61. The van der Waals surface area contributed by atoms with Gasteiger partial charge in [-0.3, -0.25) is 14.9 Å². The number of furan rings is 1. The average molecular weight is 490 g/mol. The number of carbonyl (C=O) groups excluding carboxylic acids is 3. The van der Waals surface area contributed by atoms with Crippen molar-refractivity contribution >= 4 is 57.6 Å². The van der Waals surface area contributed by atoms with Gasteiger partial charge < -0.3 is 20.2 Å². The highest BCUT2D eigenvalue weighted by Gasteiger charge is 2.29. The minimum absolute atomic E-state index is 0.0230. The van der Waals surface area contributed by atoms with E-state index >= 15 is 0 Å². The topological polar surface area (TPSA) is 149 Å². The highest BCUT2D eigenvalue weighted by Crippen LogP contribution is 2.31. The fourth-order valence-corrected chi connectivity index (χ4v) is 4.49. The number of amides is 2. The normalized spacial score (nSPS) is 10.7. The largest absolute Gasteiger partial charge is 0.462 e. The molecule has 1 aromatic carbocycles. The van der Waals surface area contributed by atoms with Gasteiger partial charge in [-0.2, -0.15) is 0 Å². The number of aromatic nitrogens is 2. The number of hydrogen-bond donors (Lipinski definition) is 3. The number of ether oxygens (including phenoxy) is 1. The van der Waals surface area contributed by atoms with E-state index < -0.39 is 17.8 Å². The van der Waals surface area contributed by atoms with Gasteiger partial charge in [0.05, 0.1) is 12.4 Å². The predicted molar refractivity (Wildman–Crippen MR) is 126 cm³/mol. The van der Waals surface area contributed by atoms with Gasteiger partial charge in [-0.15, -0.1) is 10.2 Å². The van der Waals surface area contributed by atoms with E-state index in [1.54, 1.807) is 6.92 Å². The number of anilines is 3. The molecule has 0 aliphatic rings. The Bertz CT molecular complexity index is 1200. The van der Waals surface area contributed by atoms with Crippen LogP contribution in [0.5, 0.6) is 0 Å². The van der Waals surface area contributed by atoms with Gasteiger partial charge in [0.15, 0.2) is 4.34 Å². The van der Waals surface area contributed by atoms with Crippen molar-refractivity contribution in [2.75, 3.05) is 23.0 Å². The monoisotopic (exact) mass is 489 g/mol. The van der Waals surface area contributed by atoms with Gasteiger partial charge in [-0.25, -0.2) is 4.79 Å². The summed E-state index contributed by atoms with van der Waals surface area (Å²) in [5.41, 5.74) is 8.29. The first kappa shape index (κ1) is 24.3. The molecule has 0 aliphatic carbocycles. The van der Waals surface area contributed by atoms with E-state index in [4.69, 9.17) is 14.9 Å². The Hall–Kier alpha value is -3.38. The molecule has 3 aromatic rings. The van der Waals surface area contributed by atoms with Crippen LogP contribution in [0.1, 0.15) is 44.5 Å². The smallest absolute Gasteiger partial charge is 0.342 e. The number of aryl methyl sites for hydroxylation is 2. The van der Waals surface area contributed by atoms with E-state index in [0.29, 0.717) is 9.47 Å². The van der Waals surface area contributed by atoms with Crippen molar-refractivity contribution in [3.63, 3.8) is 0 Å². The van der Waals surface area contributed by atoms with Gasteiger partial charge >= 0.3 is 5.97 Å². The lowest BCUT2D eigenvalue weighted by Gasteiger charge is -2.08. The summed E-state index contributed by atoms with van der Waals surface area (Å²) >= 11 is 2.48. The Morgan fingerprint density at radius 3 is 2.64 bits per heavy atom. The van der Waals surface area contributed by atoms with Crippen LogP contribution in [-0.2, 0) is 9.53 Å². The molecule has 2 amide bonds. The fourth-order valence-electron chi connectivity index (χ4n) is 2.93. The zero-order valence-corrected chi connectivity index (χ0v) is 20.1. The highest BCUT2D eigenvalue weighted by molar-refractivity contribution is 8.01. The van der Waals surface area contributed by atoms with Crippen molar-refractivity contribution in [2.45, 2.75) is 32.0 Å². The molecule has 0 saturated carbocycles. The summed E-state index contributed by atoms with van der Waals surface area (Å²) in [6, 6.07) is 5.94. The van der Waals surface area contributed by atoms with Crippen molar-refractivity contribution in [1.82, 2.24) is 10.2 Å². The quantitative estimate of drug-likeness (QED) is 0.301. The molecule has 0 saturated heterocycles. The van der Waals surface area contributed by atoms with Crippen molar-refractivity contribution < 1.29 is 23.5 Å². The SMILES string of the molecule is CCOC(=O)c1c(C)oc(NC(=O)CSc2nnc(Nc3cccc(C)c3C)s2)c1C(N)=O. The second-order valence-corrected chi connectivity index (χ2v) is 9.10. The molecule has 0 bridgehead atoms. The Kier molecular flexibility index (Phi) is 7.71. The molecule has 10 nitrogen and oxygen atoms in total. The van der Waals surface area contributed by atoms with Crippen molar-refractivity contribution in [2.24, 2.45) is 5.73 Å². The molecule has 33 heavy (non-hydrogen) atoms. The van der Waals surface area contributed by atoms with Crippen LogP contribution >= 0.6 is 23.1 Å². The first-order chi connectivity index (χ1) is 15.7. The Morgan fingerprint density at radius 1 is 1.18 bits per heavy atom. The molecule has 4 N–H and O–H groups in total. The summed E-state index contributed by atoms with van der Waals surface area (Å²) in [4.78, 5) is 36.5. The molecule has 12 heteroatoms. The van der Waals surface area contributed by atoms with Gasteiger partial charge in [0.1, 0.15) is 16.9 Å². The number of carbonyl (C=O) groups is 3. The Morgan fingerprint density at radius 2 is 1.94 bits per heavy atom. The Labute approximate surface area is 198 Å². The number of hydrogen-bond acceptors (Lipinski definition) is 10. The van der Waals surface area contributed by atoms with Gasteiger partial charge in [0.2, 0.25) is 16.9 Å². The minimum Gasteiger partial charge on any atom is -0.462 e. The van der Waals surface area contributed by atoms with Gasteiger partial charge in [-0.05, 0) is 44.9 Å². The van der Waals surface area contributed by atoms with Crippen LogP contribution in [0.15, 0.2) is 27.0 Å². The van der Waals surface area contributed by atoms with Crippen LogP contribution in [0.4, 0.5) is 16.7 Å². The van der Waals surface area contributed by atoms with Crippen LogP contribution in [0.25, 0.3) is 0 Å². The maximum Gasteiger partial charge on any atom is 0.342 e. The first-order valence-electron chi connectivity index (χ1n) is 9.91. The molecule has 0 fully saturated rings. The summed E-state index contributed by atoms with van der Waals surface area (Å²) < 4.78 is 10.9. The van der Waals surface area contributed by atoms with Crippen LogP contribution in [0.3, 0.4) is 0 Å². The molecular weight excluding hydrogens is 466 g/mol. The number of nitrogens with two attached hydrogens (primary N) is 1. The van der Waals surface area contributed by atoms with Crippen LogP contribution in [0.2, 0.25) is 0 Å². The standard InChI is InChI=1S/C21H23N5O5S2/c1-5-30-19(29)15-12(4)31-18(16(15)17(22)28)24-14(27)9-32-21-26-25-20(33-21)23-13-8-6-7-10(2)11(13)3/h6-8H,5,9H2,1-4H3,(H2,22,28)(H,23,25)(H,24,27). The number of rotatable bonds is 9. The van der Waals surface area contributed by atoms with Crippen molar-refractivity contribution in [1.29, 1.82) is 0 Å². The summed E-state index contributed by atoms with van der Waals surface area (Å²) in [5, 5.41) is 14.5. The molecule has 0 radical (unpaired) electrons. The van der Waals surface area contributed by atoms with Gasteiger partial charge in [0.25, 0.3) is 5.91 Å². The number of primary amides is 1. The van der Waals surface area contributed by atoms with Gasteiger partial charge in [-0.1, -0.05) is 35.2 Å². The summed E-state index contributed by atoms with van der Waals surface area (Å²) in [6.45, 7) is 7.27. The van der Waals surface area contributed by atoms with E-state index in [0.717, 1.165) is 16.8 Å². The molecule has 3 rings (SSSR count). The molecule has 0 spiro atoms. The zero-order chi connectivity index (χ0) is 24.1. The second-order valence-electron chi connectivity index (χ2n) is 6.90. The maximum atomic E-state index is 12.4. The molecule has 0 aliphatic heterocycles. The highest BCUT2D eigenvalue weighted by atomic mass is 32.2. The third-order valence-electron chi connectivity index (χ3n) is 4.64. The van der Waals surface area contributed by atoms with E-state index in [2.05, 4.69) is 20.8 Å². The molecule has 0 unspecified atom stereocenters. The fraction of sp³-hybridized carbons (Fsp3) is 0.286. The Balaban J connectivity index is 1.64. The molecule has 174 valence electrons. The van der Waals surface area contributed by atoms with E-state index in [1.165, 1.54) is 30.0 Å². The lowest BCUT2D eigenvalue weighted by Crippen LogP contribution is -2.21. The number of thioether (sulfide) groups is 1.